The van der Waals surface area contributed by atoms with E-state index in [9.17, 15) is 39.0 Å². The van der Waals surface area contributed by atoms with Gasteiger partial charge in [-0.3, -0.25) is 24.0 Å². The number of carbonyl (C=O) groups is 6. The minimum atomic E-state index is -1.54. The van der Waals surface area contributed by atoms with Gasteiger partial charge in [0.2, 0.25) is 23.6 Å². The number of phenols is 1. The van der Waals surface area contributed by atoms with Crippen molar-refractivity contribution in [1.82, 2.24) is 16.0 Å². The van der Waals surface area contributed by atoms with Crippen molar-refractivity contribution in [2.24, 2.45) is 11.5 Å². The summed E-state index contributed by atoms with van der Waals surface area (Å²) in [5.41, 5.74) is 11.1. The van der Waals surface area contributed by atoms with E-state index in [2.05, 4.69) is 28.6 Å². The van der Waals surface area contributed by atoms with Crippen LogP contribution in [0.3, 0.4) is 0 Å². The molecule has 4 amide bonds. The number of phenolic OH excluding ortho intramolecular Hbond substituents is 1. The quantitative estimate of drug-likeness (QED) is 0.108. The van der Waals surface area contributed by atoms with E-state index in [4.69, 9.17) is 16.6 Å². The van der Waals surface area contributed by atoms with E-state index < -0.39 is 79.0 Å². The molecule has 0 heterocycles. The van der Waals surface area contributed by atoms with E-state index in [-0.39, 0.29) is 17.9 Å². The molecular formula is C21H29N5O9S. The lowest BCUT2D eigenvalue weighted by Gasteiger charge is -2.24. The van der Waals surface area contributed by atoms with Gasteiger partial charge in [0.15, 0.2) is 0 Å². The molecule has 0 aliphatic rings. The molecule has 0 saturated heterocycles. The number of nitrogens with one attached hydrogen (secondary N) is 3. The summed E-state index contributed by atoms with van der Waals surface area (Å²) in [6.07, 6.45) is -1.53. The molecule has 0 saturated carbocycles. The normalized spacial score (nSPS) is 13.9. The Balaban J connectivity index is 3.06. The summed E-state index contributed by atoms with van der Waals surface area (Å²) >= 11 is 4.01. The van der Waals surface area contributed by atoms with Crippen molar-refractivity contribution in [3.8, 4) is 5.75 Å². The number of hydrogen-bond acceptors (Lipinski definition) is 9. The molecule has 14 nitrogen and oxygen atoms in total. The Morgan fingerprint density at radius 3 is 1.89 bits per heavy atom. The topological polar surface area (TPSA) is 251 Å². The second-order valence-electron chi connectivity index (χ2n) is 7.78. The molecule has 15 heteroatoms. The third kappa shape index (κ3) is 10.6. The van der Waals surface area contributed by atoms with Crippen LogP contribution in [0, 0.1) is 0 Å². The fourth-order valence-electron chi connectivity index (χ4n) is 2.93. The number of thiol groups is 1. The maximum absolute atomic E-state index is 12.9. The number of amides is 4. The maximum Gasteiger partial charge on any atom is 0.326 e. The van der Waals surface area contributed by atoms with Crippen LogP contribution in [0.1, 0.15) is 24.8 Å². The number of nitrogens with two attached hydrogens (primary N) is 2. The van der Waals surface area contributed by atoms with Crippen molar-refractivity contribution < 1.29 is 44.1 Å². The number of carbonyl (C=O) groups excluding carboxylic acids is 4. The fourth-order valence-corrected chi connectivity index (χ4v) is 3.19. The number of rotatable bonds is 15. The van der Waals surface area contributed by atoms with Gasteiger partial charge in [0.25, 0.3) is 0 Å². The van der Waals surface area contributed by atoms with Crippen molar-refractivity contribution in [2.75, 3.05) is 5.75 Å². The van der Waals surface area contributed by atoms with Gasteiger partial charge in [-0.2, -0.15) is 12.6 Å². The fraction of sp³-hybridized carbons (Fsp3) is 0.429. The van der Waals surface area contributed by atoms with E-state index in [0.29, 0.717) is 5.56 Å². The molecule has 0 aliphatic carbocycles. The van der Waals surface area contributed by atoms with Crippen LogP contribution in [0.2, 0.25) is 0 Å². The Bertz CT molecular complexity index is 973. The Kier molecular flexibility index (Phi) is 12.2. The van der Waals surface area contributed by atoms with Gasteiger partial charge in [0, 0.05) is 18.6 Å². The molecule has 1 aromatic carbocycles. The molecule has 0 aliphatic heterocycles. The molecule has 10 N–H and O–H groups in total. The van der Waals surface area contributed by atoms with Gasteiger partial charge >= 0.3 is 11.9 Å². The van der Waals surface area contributed by atoms with Crippen molar-refractivity contribution in [3.63, 3.8) is 0 Å². The Labute approximate surface area is 211 Å². The highest BCUT2D eigenvalue weighted by molar-refractivity contribution is 7.80. The lowest BCUT2D eigenvalue weighted by molar-refractivity contribution is -0.143. The number of carboxylic acids is 2. The van der Waals surface area contributed by atoms with Gasteiger partial charge in [-0.05, 0) is 24.1 Å². The molecule has 0 bridgehead atoms. The van der Waals surface area contributed by atoms with Crippen LogP contribution < -0.4 is 27.4 Å². The number of hydrogen-bond donors (Lipinski definition) is 9. The minimum Gasteiger partial charge on any atom is -0.508 e. The summed E-state index contributed by atoms with van der Waals surface area (Å²) in [6, 6.07) is 0.137. The maximum atomic E-state index is 12.9. The van der Waals surface area contributed by atoms with Crippen LogP contribution in [0.5, 0.6) is 5.75 Å². The van der Waals surface area contributed by atoms with Crippen LogP contribution in [0.15, 0.2) is 24.3 Å². The summed E-state index contributed by atoms with van der Waals surface area (Å²) in [4.78, 5) is 71.2. The second-order valence-corrected chi connectivity index (χ2v) is 8.15. The smallest absolute Gasteiger partial charge is 0.326 e. The standard InChI is InChI=1S/C21H29N5O9S/c22-12(8-16(23)28)18(31)26-15(9-36)20(33)25-14(7-10-1-3-11(27)4-2-10)19(32)24-13(21(34)35)5-6-17(29)30/h1-4,12-15,27,36H,5-9,22H2,(H2,23,28)(H,24,32)(H,25,33)(H,26,31)(H,29,30)(H,34,35). The molecule has 198 valence electrons. The highest BCUT2D eigenvalue weighted by atomic mass is 32.1. The van der Waals surface area contributed by atoms with E-state index in [1.807, 2.05) is 0 Å². The summed E-state index contributed by atoms with van der Waals surface area (Å²) in [6.45, 7) is 0. The first-order valence-electron chi connectivity index (χ1n) is 10.6. The average molecular weight is 528 g/mol. The highest BCUT2D eigenvalue weighted by Gasteiger charge is 2.30. The number of aliphatic carboxylic acids is 2. The molecule has 1 aromatic rings. The van der Waals surface area contributed by atoms with Crippen molar-refractivity contribution in [1.29, 1.82) is 0 Å². The summed E-state index contributed by atoms with van der Waals surface area (Å²) in [7, 11) is 0. The minimum absolute atomic E-state index is 0.0476. The van der Waals surface area contributed by atoms with E-state index >= 15 is 0 Å². The summed E-state index contributed by atoms with van der Waals surface area (Å²) in [5.74, 6) is -6.47. The molecule has 0 spiro atoms. The molecule has 36 heavy (non-hydrogen) atoms. The number of benzene rings is 1. The van der Waals surface area contributed by atoms with Gasteiger partial charge in [0.05, 0.1) is 12.5 Å². The molecule has 0 fully saturated rings. The first kappa shape index (κ1) is 30.2. The van der Waals surface area contributed by atoms with Crippen LogP contribution in [0.25, 0.3) is 0 Å². The third-order valence-electron chi connectivity index (χ3n) is 4.84. The Morgan fingerprint density at radius 2 is 1.39 bits per heavy atom. The molecule has 0 aromatic heterocycles. The largest absolute Gasteiger partial charge is 0.508 e. The molecular weight excluding hydrogens is 498 g/mol. The Morgan fingerprint density at radius 1 is 0.861 bits per heavy atom. The van der Waals surface area contributed by atoms with Gasteiger partial charge < -0.3 is 42.7 Å². The van der Waals surface area contributed by atoms with E-state index in [1.54, 1.807) is 0 Å². The predicted octanol–water partition coefficient (Wildman–Crippen LogP) is -2.53. The number of carboxylic acid groups (broad SMARTS) is 2. The third-order valence-corrected chi connectivity index (χ3v) is 5.21. The van der Waals surface area contributed by atoms with Crippen molar-refractivity contribution >= 4 is 48.2 Å². The first-order chi connectivity index (χ1) is 16.8. The van der Waals surface area contributed by atoms with Gasteiger partial charge in [-0.1, -0.05) is 12.1 Å². The monoisotopic (exact) mass is 527 g/mol. The lowest BCUT2D eigenvalue weighted by atomic mass is 10.0. The number of primary amides is 1. The van der Waals surface area contributed by atoms with Gasteiger partial charge in [0.1, 0.15) is 23.9 Å². The summed E-state index contributed by atoms with van der Waals surface area (Å²) in [5, 5.41) is 34.5. The van der Waals surface area contributed by atoms with E-state index in [0.717, 1.165) is 0 Å². The van der Waals surface area contributed by atoms with Gasteiger partial charge in [-0.25, -0.2) is 4.79 Å². The zero-order valence-electron chi connectivity index (χ0n) is 19.0. The van der Waals surface area contributed by atoms with Crippen LogP contribution in [-0.2, 0) is 35.2 Å². The van der Waals surface area contributed by atoms with Crippen molar-refractivity contribution in [3.05, 3.63) is 29.8 Å². The molecule has 1 rings (SSSR count). The number of aromatic hydroxyl groups is 1. The zero-order chi connectivity index (χ0) is 27.4. The van der Waals surface area contributed by atoms with Crippen LogP contribution in [0.4, 0.5) is 0 Å². The molecule has 0 radical (unpaired) electrons. The zero-order valence-corrected chi connectivity index (χ0v) is 19.9. The van der Waals surface area contributed by atoms with E-state index in [1.165, 1.54) is 24.3 Å². The van der Waals surface area contributed by atoms with Gasteiger partial charge in [-0.15, -0.1) is 0 Å². The molecule has 4 atom stereocenters. The van der Waals surface area contributed by atoms with Crippen LogP contribution in [-0.4, -0.2) is 80.8 Å². The predicted molar refractivity (Wildman–Crippen MR) is 128 cm³/mol. The lowest BCUT2D eigenvalue weighted by Crippen LogP contribution is -2.58. The summed E-state index contributed by atoms with van der Waals surface area (Å²) < 4.78 is 0. The SMILES string of the molecule is NC(=O)CC(N)C(=O)NC(CS)C(=O)NC(Cc1ccc(O)cc1)C(=O)NC(CCC(=O)O)C(=O)O. The average Bonchev–Trinajstić information content (AvgIpc) is 2.79. The van der Waals surface area contributed by atoms with Crippen molar-refractivity contribution in [2.45, 2.75) is 49.9 Å². The van der Waals surface area contributed by atoms with Crippen LogP contribution >= 0.6 is 12.6 Å². The first-order valence-corrected chi connectivity index (χ1v) is 11.3. The second kappa shape index (κ2) is 14.5. The Hall–Kier alpha value is -3.85. The highest BCUT2D eigenvalue weighted by Crippen LogP contribution is 2.12. The molecule has 4 unspecified atom stereocenters.